The normalized spacial score (nSPS) is 17.3. The summed E-state index contributed by atoms with van der Waals surface area (Å²) in [6.07, 6.45) is 3.79. The van der Waals surface area contributed by atoms with Gasteiger partial charge in [-0.1, -0.05) is 0 Å². The molecule has 1 fully saturated rings. The first-order chi connectivity index (χ1) is 14.1. The quantitative estimate of drug-likeness (QED) is 0.677. The highest BCUT2D eigenvalue weighted by molar-refractivity contribution is 5.91. The maximum atomic E-state index is 12.4. The van der Waals surface area contributed by atoms with Gasteiger partial charge in [0.1, 0.15) is 23.9 Å². The Labute approximate surface area is 173 Å². The summed E-state index contributed by atoms with van der Waals surface area (Å²) < 4.78 is 16.1. The van der Waals surface area contributed by atoms with Crippen LogP contribution in [0.25, 0.3) is 0 Å². The lowest BCUT2D eigenvalue weighted by molar-refractivity contribution is -0.116. The lowest BCUT2D eigenvalue weighted by Gasteiger charge is -2.32. The van der Waals surface area contributed by atoms with Crippen LogP contribution in [0.15, 0.2) is 34.7 Å². The third kappa shape index (κ3) is 6.34. The summed E-state index contributed by atoms with van der Waals surface area (Å²) >= 11 is 0. The van der Waals surface area contributed by atoms with Crippen molar-refractivity contribution in [2.45, 2.75) is 45.8 Å². The number of hydrogen-bond acceptors (Lipinski definition) is 5. The molecule has 3 rings (SSSR count). The second-order valence-corrected chi connectivity index (χ2v) is 7.81. The molecule has 1 unspecified atom stereocenters. The number of anilines is 1. The van der Waals surface area contributed by atoms with Crippen molar-refractivity contribution in [3.05, 3.63) is 47.4 Å². The molecule has 6 heteroatoms. The lowest BCUT2D eigenvalue weighted by Crippen LogP contribution is -2.35. The summed E-state index contributed by atoms with van der Waals surface area (Å²) in [6, 6.07) is 9.71. The monoisotopic (exact) mass is 400 g/mol. The molecule has 0 radical (unpaired) electrons. The van der Waals surface area contributed by atoms with Crippen LogP contribution >= 0.6 is 0 Å². The number of furan rings is 1. The van der Waals surface area contributed by atoms with Crippen molar-refractivity contribution in [1.29, 1.82) is 0 Å². The van der Waals surface area contributed by atoms with Gasteiger partial charge in [-0.05, 0) is 74.5 Å². The smallest absolute Gasteiger partial charge is 0.224 e. The van der Waals surface area contributed by atoms with E-state index in [1.165, 1.54) is 6.42 Å². The molecule has 29 heavy (non-hydrogen) atoms. The van der Waals surface area contributed by atoms with E-state index < -0.39 is 0 Å². The Morgan fingerprint density at radius 3 is 2.83 bits per heavy atom. The fourth-order valence-electron chi connectivity index (χ4n) is 3.93. The average molecular weight is 401 g/mol. The van der Waals surface area contributed by atoms with E-state index in [1.54, 1.807) is 14.2 Å². The number of nitrogens with one attached hydrogen (secondary N) is 1. The van der Waals surface area contributed by atoms with Gasteiger partial charge < -0.3 is 19.2 Å². The predicted octanol–water partition coefficient (Wildman–Crippen LogP) is 4.37. The van der Waals surface area contributed by atoms with Crippen LogP contribution < -0.4 is 10.1 Å². The van der Waals surface area contributed by atoms with Gasteiger partial charge in [-0.2, -0.15) is 0 Å². The number of amides is 1. The molecule has 1 N–H and O–H groups in total. The van der Waals surface area contributed by atoms with Crippen LogP contribution in [0.5, 0.6) is 5.75 Å². The number of ether oxygens (including phenoxy) is 2. The van der Waals surface area contributed by atoms with E-state index in [4.69, 9.17) is 13.9 Å². The third-order valence-corrected chi connectivity index (χ3v) is 5.47. The van der Waals surface area contributed by atoms with Gasteiger partial charge in [-0.3, -0.25) is 9.69 Å². The van der Waals surface area contributed by atoms with Gasteiger partial charge in [-0.25, -0.2) is 0 Å². The average Bonchev–Trinajstić information content (AvgIpc) is 3.15. The molecule has 1 aliphatic rings. The minimum Gasteiger partial charge on any atom is -0.497 e. The molecule has 0 saturated carbocycles. The van der Waals surface area contributed by atoms with Gasteiger partial charge in [0.2, 0.25) is 5.91 Å². The number of methoxy groups -OCH3 is 2. The van der Waals surface area contributed by atoms with E-state index in [0.29, 0.717) is 18.9 Å². The summed E-state index contributed by atoms with van der Waals surface area (Å²) in [5.74, 6) is 3.26. The Morgan fingerprint density at radius 1 is 1.24 bits per heavy atom. The van der Waals surface area contributed by atoms with Crippen LogP contribution in [0, 0.1) is 12.8 Å². The summed E-state index contributed by atoms with van der Waals surface area (Å²) in [7, 11) is 3.31. The summed E-state index contributed by atoms with van der Waals surface area (Å²) in [4.78, 5) is 14.8. The van der Waals surface area contributed by atoms with E-state index >= 15 is 0 Å². The number of carbonyl (C=O) groups is 1. The number of aryl methyl sites for hydroxylation is 1. The fraction of sp³-hybridized carbons (Fsp3) is 0.522. The van der Waals surface area contributed by atoms with Crippen LogP contribution in [0.3, 0.4) is 0 Å². The molecule has 1 aromatic carbocycles. The number of benzene rings is 1. The molecular weight excluding hydrogens is 368 g/mol. The molecule has 1 saturated heterocycles. The third-order valence-electron chi connectivity index (χ3n) is 5.47. The van der Waals surface area contributed by atoms with Crippen molar-refractivity contribution in [3.8, 4) is 5.75 Å². The Bertz CT molecular complexity index is 802. The molecular formula is C23H32N2O4. The summed E-state index contributed by atoms with van der Waals surface area (Å²) in [5.41, 5.74) is 1.86. The first-order valence-corrected chi connectivity index (χ1v) is 10.3. The zero-order chi connectivity index (χ0) is 20.6. The van der Waals surface area contributed by atoms with E-state index in [9.17, 15) is 4.79 Å². The number of carbonyl (C=O) groups excluding carboxylic acids is 1. The number of piperidine rings is 1. The maximum absolute atomic E-state index is 12.4. The second kappa shape index (κ2) is 10.5. The van der Waals surface area contributed by atoms with E-state index in [-0.39, 0.29) is 5.91 Å². The van der Waals surface area contributed by atoms with Crippen molar-refractivity contribution in [1.82, 2.24) is 4.90 Å². The van der Waals surface area contributed by atoms with Gasteiger partial charge in [0.25, 0.3) is 0 Å². The number of likely N-dealkylation sites (tertiary alicyclic amines) is 1. The topological polar surface area (TPSA) is 63.9 Å². The number of nitrogens with zero attached hydrogens (tertiary/aromatic N) is 1. The Kier molecular flexibility index (Phi) is 7.72. The SMILES string of the molecule is COCc1ccc(CN2CCCC(CCC(=O)Nc3ccc(OC)cc3C)C2)o1. The lowest BCUT2D eigenvalue weighted by atomic mass is 9.93. The van der Waals surface area contributed by atoms with Gasteiger partial charge in [0.15, 0.2) is 0 Å². The highest BCUT2D eigenvalue weighted by atomic mass is 16.5. The molecule has 1 amide bonds. The van der Waals surface area contributed by atoms with E-state index in [2.05, 4.69) is 10.2 Å². The van der Waals surface area contributed by atoms with Gasteiger partial charge in [0, 0.05) is 25.8 Å². The molecule has 6 nitrogen and oxygen atoms in total. The van der Waals surface area contributed by atoms with Crippen LogP contribution in [0.4, 0.5) is 5.69 Å². The van der Waals surface area contributed by atoms with Crippen molar-refractivity contribution < 1.29 is 18.7 Å². The van der Waals surface area contributed by atoms with Crippen molar-refractivity contribution in [3.63, 3.8) is 0 Å². The Morgan fingerprint density at radius 2 is 2.07 bits per heavy atom. The zero-order valence-electron chi connectivity index (χ0n) is 17.7. The van der Waals surface area contributed by atoms with Crippen LogP contribution in [0.1, 0.15) is 42.8 Å². The van der Waals surface area contributed by atoms with Crippen LogP contribution in [0.2, 0.25) is 0 Å². The molecule has 158 valence electrons. The highest BCUT2D eigenvalue weighted by Gasteiger charge is 2.21. The minimum atomic E-state index is 0.0747. The van der Waals surface area contributed by atoms with Gasteiger partial charge >= 0.3 is 0 Å². The first-order valence-electron chi connectivity index (χ1n) is 10.3. The highest BCUT2D eigenvalue weighted by Crippen LogP contribution is 2.25. The molecule has 0 spiro atoms. The van der Waals surface area contributed by atoms with Gasteiger partial charge in [0.05, 0.1) is 13.7 Å². The summed E-state index contributed by atoms with van der Waals surface area (Å²) in [5, 5.41) is 3.03. The van der Waals surface area contributed by atoms with Crippen LogP contribution in [-0.4, -0.2) is 38.1 Å². The number of rotatable bonds is 9. The molecule has 1 aliphatic heterocycles. The Hall–Kier alpha value is -2.31. The fourth-order valence-corrected chi connectivity index (χ4v) is 3.93. The van der Waals surface area contributed by atoms with Crippen molar-refractivity contribution >= 4 is 11.6 Å². The predicted molar refractivity (Wildman–Crippen MR) is 113 cm³/mol. The molecule has 2 heterocycles. The molecule has 1 aromatic heterocycles. The Balaban J connectivity index is 1.44. The largest absolute Gasteiger partial charge is 0.497 e. The van der Waals surface area contributed by atoms with E-state index in [0.717, 1.165) is 61.0 Å². The van der Waals surface area contributed by atoms with Gasteiger partial charge in [-0.15, -0.1) is 0 Å². The maximum Gasteiger partial charge on any atom is 0.224 e. The zero-order valence-corrected chi connectivity index (χ0v) is 17.7. The van der Waals surface area contributed by atoms with E-state index in [1.807, 2.05) is 37.3 Å². The minimum absolute atomic E-state index is 0.0747. The second-order valence-electron chi connectivity index (χ2n) is 7.81. The number of hydrogen-bond donors (Lipinski definition) is 1. The summed E-state index contributed by atoms with van der Waals surface area (Å²) in [6.45, 7) is 5.38. The molecule has 2 aromatic rings. The first kappa shape index (κ1) is 21.4. The van der Waals surface area contributed by atoms with Crippen LogP contribution in [-0.2, 0) is 22.7 Å². The molecule has 0 bridgehead atoms. The van der Waals surface area contributed by atoms with Crippen molar-refractivity contribution in [2.75, 3.05) is 32.6 Å². The van der Waals surface area contributed by atoms with Crippen molar-refractivity contribution in [2.24, 2.45) is 5.92 Å². The standard InChI is InChI=1S/C23H32N2O4/c1-17-13-19(28-3)9-10-22(17)24-23(26)11-6-18-5-4-12-25(14-18)15-20-7-8-21(29-20)16-27-2/h7-10,13,18H,4-6,11-12,14-16H2,1-3H3,(H,24,26). The molecule has 0 aliphatic carbocycles. The molecule has 1 atom stereocenters.